The molecule has 7 nitrogen and oxygen atoms in total. The fourth-order valence-corrected chi connectivity index (χ4v) is 1.58. The van der Waals surface area contributed by atoms with Gasteiger partial charge in [-0.05, 0) is 0 Å². The Balaban J connectivity index is 2.43. The Morgan fingerprint density at radius 1 is 1.36 bits per heavy atom. The SMILES string of the molecule is OCc1nnn2c1[C@@H](O)[C@H](O)[C@H](O)C2. The van der Waals surface area contributed by atoms with Crippen molar-refractivity contribution in [3.05, 3.63) is 11.4 Å². The largest absolute Gasteiger partial charge is 0.390 e. The topological polar surface area (TPSA) is 112 Å². The van der Waals surface area contributed by atoms with Crippen molar-refractivity contribution in [3.8, 4) is 0 Å². The van der Waals surface area contributed by atoms with Gasteiger partial charge in [0.25, 0.3) is 0 Å². The molecule has 0 saturated heterocycles. The van der Waals surface area contributed by atoms with Gasteiger partial charge in [0.05, 0.1) is 18.8 Å². The highest BCUT2D eigenvalue weighted by Gasteiger charge is 2.36. The molecule has 1 aromatic heterocycles. The van der Waals surface area contributed by atoms with Gasteiger partial charge in [-0.3, -0.25) is 0 Å². The smallest absolute Gasteiger partial charge is 0.126 e. The van der Waals surface area contributed by atoms with Crippen molar-refractivity contribution in [3.63, 3.8) is 0 Å². The standard InChI is InChI=1S/C7H11N3O4/c11-2-3-5-7(14)6(13)4(12)1-10(5)9-8-3/h4,6-7,11-14H,1-2H2/t4-,6-,7-/m1/s1. The second-order valence-electron chi connectivity index (χ2n) is 3.26. The molecule has 0 amide bonds. The van der Waals surface area contributed by atoms with Gasteiger partial charge in [0.2, 0.25) is 0 Å². The molecule has 7 heteroatoms. The molecule has 1 aliphatic heterocycles. The summed E-state index contributed by atoms with van der Waals surface area (Å²) >= 11 is 0. The molecular weight excluding hydrogens is 190 g/mol. The van der Waals surface area contributed by atoms with E-state index in [9.17, 15) is 15.3 Å². The first-order chi connectivity index (χ1) is 6.65. The minimum Gasteiger partial charge on any atom is -0.390 e. The van der Waals surface area contributed by atoms with E-state index < -0.39 is 18.3 Å². The third-order valence-electron chi connectivity index (χ3n) is 2.35. The fourth-order valence-electron chi connectivity index (χ4n) is 1.58. The van der Waals surface area contributed by atoms with Crippen molar-refractivity contribution in [2.24, 2.45) is 0 Å². The van der Waals surface area contributed by atoms with Crippen molar-refractivity contribution in [2.45, 2.75) is 31.5 Å². The van der Waals surface area contributed by atoms with Crippen LogP contribution in [0.15, 0.2) is 0 Å². The highest BCUT2D eigenvalue weighted by Crippen LogP contribution is 2.26. The molecule has 1 aromatic rings. The van der Waals surface area contributed by atoms with E-state index in [0.29, 0.717) is 0 Å². The molecule has 78 valence electrons. The highest BCUT2D eigenvalue weighted by molar-refractivity contribution is 5.16. The number of aliphatic hydroxyl groups is 4. The quantitative estimate of drug-likeness (QED) is 0.401. The first-order valence-electron chi connectivity index (χ1n) is 4.22. The molecule has 4 N–H and O–H groups in total. The third kappa shape index (κ3) is 1.22. The Bertz CT molecular complexity index is 340. The summed E-state index contributed by atoms with van der Waals surface area (Å²) in [4.78, 5) is 0. The molecule has 0 aliphatic carbocycles. The average molecular weight is 201 g/mol. The number of hydrogen-bond acceptors (Lipinski definition) is 6. The van der Waals surface area contributed by atoms with Gasteiger partial charge in [-0.2, -0.15) is 0 Å². The molecule has 14 heavy (non-hydrogen) atoms. The van der Waals surface area contributed by atoms with Crippen LogP contribution in [0.2, 0.25) is 0 Å². The zero-order valence-electron chi connectivity index (χ0n) is 7.28. The maximum atomic E-state index is 9.58. The molecule has 0 bridgehead atoms. The van der Waals surface area contributed by atoms with E-state index in [1.54, 1.807) is 0 Å². The second-order valence-corrected chi connectivity index (χ2v) is 3.26. The third-order valence-corrected chi connectivity index (χ3v) is 2.35. The summed E-state index contributed by atoms with van der Waals surface area (Å²) in [7, 11) is 0. The van der Waals surface area contributed by atoms with Gasteiger partial charge in [0, 0.05) is 0 Å². The Hall–Kier alpha value is -1.02. The molecular formula is C7H11N3O4. The second kappa shape index (κ2) is 3.28. The predicted molar refractivity (Wildman–Crippen MR) is 42.9 cm³/mol. The Morgan fingerprint density at radius 2 is 2.07 bits per heavy atom. The van der Waals surface area contributed by atoms with Crippen molar-refractivity contribution >= 4 is 0 Å². The lowest BCUT2D eigenvalue weighted by molar-refractivity contribution is -0.0864. The van der Waals surface area contributed by atoms with Crippen molar-refractivity contribution in [1.29, 1.82) is 0 Å². The fraction of sp³-hybridized carbons (Fsp3) is 0.714. The lowest BCUT2D eigenvalue weighted by Crippen LogP contribution is -2.41. The van der Waals surface area contributed by atoms with E-state index in [4.69, 9.17) is 5.11 Å². The monoisotopic (exact) mass is 201 g/mol. The van der Waals surface area contributed by atoms with Crippen LogP contribution in [0.4, 0.5) is 0 Å². The molecule has 0 aromatic carbocycles. The van der Waals surface area contributed by atoms with E-state index in [2.05, 4.69) is 10.3 Å². The zero-order valence-corrected chi connectivity index (χ0v) is 7.28. The number of hydrogen-bond donors (Lipinski definition) is 4. The van der Waals surface area contributed by atoms with Crippen molar-refractivity contribution in [1.82, 2.24) is 15.0 Å². The molecule has 0 saturated carbocycles. The van der Waals surface area contributed by atoms with Gasteiger partial charge in [0.15, 0.2) is 0 Å². The summed E-state index contributed by atoms with van der Waals surface area (Å²) in [5.41, 5.74) is 0.494. The minimum atomic E-state index is -1.26. The molecule has 3 atom stereocenters. The van der Waals surface area contributed by atoms with E-state index >= 15 is 0 Å². The number of fused-ring (bicyclic) bond motifs is 1. The maximum Gasteiger partial charge on any atom is 0.126 e. The van der Waals surface area contributed by atoms with E-state index in [1.807, 2.05) is 0 Å². The Labute approximate surface area is 79.2 Å². The van der Waals surface area contributed by atoms with Crippen LogP contribution in [0.3, 0.4) is 0 Å². The molecule has 0 unspecified atom stereocenters. The predicted octanol–water partition coefficient (Wildman–Crippen LogP) is -2.46. The van der Waals surface area contributed by atoms with Crippen LogP contribution in [0.1, 0.15) is 17.5 Å². The summed E-state index contributed by atoms with van der Waals surface area (Å²) < 4.78 is 1.29. The number of rotatable bonds is 1. The summed E-state index contributed by atoms with van der Waals surface area (Å²) in [5, 5.41) is 44.4. The zero-order chi connectivity index (χ0) is 10.3. The Morgan fingerprint density at radius 3 is 2.71 bits per heavy atom. The summed E-state index contributed by atoms with van der Waals surface area (Å²) in [6, 6.07) is 0. The normalized spacial score (nSPS) is 31.6. The van der Waals surface area contributed by atoms with Crippen LogP contribution in [0.5, 0.6) is 0 Å². The molecule has 0 radical (unpaired) electrons. The van der Waals surface area contributed by atoms with E-state index in [-0.39, 0.29) is 24.5 Å². The van der Waals surface area contributed by atoms with E-state index in [0.717, 1.165) is 0 Å². The van der Waals surface area contributed by atoms with Gasteiger partial charge in [-0.1, -0.05) is 5.21 Å². The van der Waals surface area contributed by atoms with Crippen molar-refractivity contribution in [2.75, 3.05) is 0 Å². The average Bonchev–Trinajstić information content (AvgIpc) is 2.57. The van der Waals surface area contributed by atoms with Crippen LogP contribution < -0.4 is 0 Å². The number of aromatic nitrogens is 3. The van der Waals surface area contributed by atoms with Crippen LogP contribution >= 0.6 is 0 Å². The summed E-state index contributed by atoms with van der Waals surface area (Å²) in [6.07, 6.45) is -3.58. The molecule has 0 spiro atoms. The van der Waals surface area contributed by atoms with Gasteiger partial charge in [0.1, 0.15) is 24.0 Å². The first kappa shape index (κ1) is 9.53. The summed E-state index contributed by atoms with van der Waals surface area (Å²) in [6.45, 7) is -0.282. The number of aliphatic hydroxyl groups excluding tert-OH is 4. The number of nitrogens with zero attached hydrogens (tertiary/aromatic N) is 3. The van der Waals surface area contributed by atoms with Crippen LogP contribution in [0, 0.1) is 0 Å². The van der Waals surface area contributed by atoms with Crippen molar-refractivity contribution < 1.29 is 20.4 Å². The van der Waals surface area contributed by atoms with Crippen LogP contribution in [-0.2, 0) is 13.2 Å². The first-order valence-corrected chi connectivity index (χ1v) is 4.22. The van der Waals surface area contributed by atoms with Gasteiger partial charge < -0.3 is 20.4 Å². The lowest BCUT2D eigenvalue weighted by Gasteiger charge is -2.28. The highest BCUT2D eigenvalue weighted by atomic mass is 16.4. The van der Waals surface area contributed by atoms with Gasteiger partial charge in [-0.25, -0.2) is 4.68 Å². The van der Waals surface area contributed by atoms with Gasteiger partial charge >= 0.3 is 0 Å². The molecule has 2 heterocycles. The lowest BCUT2D eigenvalue weighted by atomic mass is 10.00. The van der Waals surface area contributed by atoms with Gasteiger partial charge in [-0.15, -0.1) is 5.10 Å². The van der Waals surface area contributed by atoms with Crippen LogP contribution in [-0.4, -0.2) is 47.6 Å². The maximum absolute atomic E-state index is 9.58. The summed E-state index contributed by atoms with van der Waals surface area (Å²) in [5.74, 6) is 0. The Kier molecular flexibility index (Phi) is 2.23. The van der Waals surface area contributed by atoms with Crippen LogP contribution in [0.25, 0.3) is 0 Å². The molecule has 0 fully saturated rings. The molecule has 1 aliphatic rings. The molecule has 2 rings (SSSR count). The van der Waals surface area contributed by atoms with E-state index in [1.165, 1.54) is 4.68 Å². The minimum absolute atomic E-state index is 0.0700.